The highest BCUT2D eigenvalue weighted by molar-refractivity contribution is 7.17. The molecule has 1 amide bonds. The number of amides is 1. The lowest BCUT2D eigenvalue weighted by molar-refractivity contribution is -0.123. The van der Waals surface area contributed by atoms with Crippen LogP contribution in [0.15, 0.2) is 48.5 Å². The molecule has 0 unspecified atom stereocenters. The highest BCUT2D eigenvalue weighted by Crippen LogP contribution is 2.29. The van der Waals surface area contributed by atoms with Gasteiger partial charge in [0.05, 0.1) is 12.8 Å². The van der Waals surface area contributed by atoms with Crippen molar-refractivity contribution in [1.82, 2.24) is 4.98 Å². The Labute approximate surface area is 171 Å². The minimum atomic E-state index is -1.01. The lowest BCUT2D eigenvalue weighted by Gasteiger charge is -2.13. The lowest BCUT2D eigenvalue weighted by Crippen LogP contribution is -2.29. The van der Waals surface area contributed by atoms with Crippen LogP contribution < -0.4 is 10.1 Å². The predicted molar refractivity (Wildman–Crippen MR) is 109 cm³/mol. The first kappa shape index (κ1) is 20.5. The first-order chi connectivity index (χ1) is 13.9. The molecule has 2 aromatic carbocycles. The van der Waals surface area contributed by atoms with Crippen LogP contribution in [0, 0.1) is 12.7 Å². The summed E-state index contributed by atoms with van der Waals surface area (Å²) < 4.78 is 23.5. The summed E-state index contributed by atoms with van der Waals surface area (Å²) >= 11 is 1.13. The van der Waals surface area contributed by atoms with Gasteiger partial charge in [0.15, 0.2) is 6.10 Å². The Balaban J connectivity index is 1.67. The summed E-state index contributed by atoms with van der Waals surface area (Å²) in [7, 11) is 1.53. The number of esters is 1. The highest BCUT2D eigenvalue weighted by atomic mass is 32.1. The van der Waals surface area contributed by atoms with Gasteiger partial charge in [0.25, 0.3) is 5.91 Å². The van der Waals surface area contributed by atoms with E-state index in [0.29, 0.717) is 32.6 Å². The van der Waals surface area contributed by atoms with Crippen molar-refractivity contribution in [3.05, 3.63) is 64.9 Å². The number of rotatable bonds is 6. The summed E-state index contributed by atoms with van der Waals surface area (Å²) in [4.78, 5) is 29.5. The van der Waals surface area contributed by atoms with E-state index in [2.05, 4.69) is 10.3 Å². The third kappa shape index (κ3) is 4.97. The smallest absolute Gasteiger partial charge is 0.351 e. The topological polar surface area (TPSA) is 77.5 Å². The van der Waals surface area contributed by atoms with Crippen LogP contribution in [0.3, 0.4) is 0 Å². The van der Waals surface area contributed by atoms with E-state index in [1.807, 2.05) is 0 Å². The second kappa shape index (κ2) is 8.83. The molecule has 0 spiro atoms. The fourth-order valence-electron chi connectivity index (χ4n) is 2.51. The quantitative estimate of drug-likeness (QED) is 0.603. The molecule has 6 nitrogen and oxygen atoms in total. The fraction of sp³-hybridized carbons (Fsp3) is 0.190. The van der Waals surface area contributed by atoms with Crippen molar-refractivity contribution in [2.45, 2.75) is 20.0 Å². The van der Waals surface area contributed by atoms with Gasteiger partial charge in [-0.3, -0.25) is 4.79 Å². The third-order valence-electron chi connectivity index (χ3n) is 4.06. The number of halogens is 1. The molecule has 8 heteroatoms. The van der Waals surface area contributed by atoms with E-state index in [9.17, 15) is 14.0 Å². The average molecular weight is 414 g/mol. The summed E-state index contributed by atoms with van der Waals surface area (Å²) in [5, 5.41) is 3.25. The molecule has 0 aliphatic heterocycles. The lowest BCUT2D eigenvalue weighted by atomic mass is 10.2. The van der Waals surface area contributed by atoms with Gasteiger partial charge in [-0.15, -0.1) is 11.3 Å². The predicted octanol–water partition coefficient (Wildman–Crippen LogP) is 4.45. The van der Waals surface area contributed by atoms with Crippen molar-refractivity contribution in [3.63, 3.8) is 0 Å². The first-order valence-corrected chi connectivity index (χ1v) is 9.58. The molecule has 0 aliphatic carbocycles. The molecular formula is C21H19FN2O4S. The standard InChI is InChI=1S/C21H19FN2O4S/c1-12-18(29-20(23-12)14-7-9-15(22)10-8-14)21(26)28-13(2)19(25)24-16-5-4-6-17(11-16)27-3/h4-11,13H,1-3H3,(H,24,25)/t13-/m0/s1. The molecule has 0 radical (unpaired) electrons. The maximum atomic E-state index is 13.1. The first-order valence-electron chi connectivity index (χ1n) is 8.76. The number of nitrogens with one attached hydrogen (secondary N) is 1. The molecule has 1 aromatic heterocycles. The second-order valence-corrected chi connectivity index (χ2v) is 7.21. The zero-order valence-corrected chi connectivity index (χ0v) is 16.9. The van der Waals surface area contributed by atoms with Crippen molar-refractivity contribution in [3.8, 4) is 16.3 Å². The Kier molecular flexibility index (Phi) is 6.23. The molecule has 29 heavy (non-hydrogen) atoms. The molecular weight excluding hydrogens is 395 g/mol. The highest BCUT2D eigenvalue weighted by Gasteiger charge is 2.23. The Morgan fingerprint density at radius 1 is 1.17 bits per heavy atom. The molecule has 1 heterocycles. The molecule has 3 aromatic rings. The summed E-state index contributed by atoms with van der Waals surface area (Å²) in [6.07, 6.45) is -1.01. The third-order valence-corrected chi connectivity index (χ3v) is 5.25. The number of anilines is 1. The number of carbonyl (C=O) groups excluding carboxylic acids is 2. The van der Waals surface area contributed by atoms with E-state index in [4.69, 9.17) is 9.47 Å². The van der Waals surface area contributed by atoms with E-state index in [1.54, 1.807) is 43.3 Å². The second-order valence-electron chi connectivity index (χ2n) is 6.21. The van der Waals surface area contributed by atoms with Crippen molar-refractivity contribution in [1.29, 1.82) is 0 Å². The summed E-state index contributed by atoms with van der Waals surface area (Å²) in [6, 6.07) is 12.7. The molecule has 150 valence electrons. The van der Waals surface area contributed by atoms with Crippen LogP contribution in [0.25, 0.3) is 10.6 Å². The van der Waals surface area contributed by atoms with Crippen LogP contribution >= 0.6 is 11.3 Å². The number of carbonyl (C=O) groups is 2. The van der Waals surface area contributed by atoms with Gasteiger partial charge >= 0.3 is 5.97 Å². The Hall–Kier alpha value is -3.26. The van der Waals surface area contributed by atoms with Crippen LogP contribution in [0.1, 0.15) is 22.3 Å². The minimum absolute atomic E-state index is 0.297. The fourth-order valence-corrected chi connectivity index (χ4v) is 3.47. The van der Waals surface area contributed by atoms with E-state index < -0.39 is 18.0 Å². The number of methoxy groups -OCH3 is 1. The zero-order valence-electron chi connectivity index (χ0n) is 16.1. The van der Waals surface area contributed by atoms with Crippen LogP contribution in [0.4, 0.5) is 10.1 Å². The molecule has 1 atom stereocenters. The summed E-state index contributed by atoms with van der Waals surface area (Å²) in [5.41, 5.74) is 1.71. The largest absolute Gasteiger partial charge is 0.497 e. The SMILES string of the molecule is COc1cccc(NC(=O)[C@H](C)OC(=O)c2sc(-c3ccc(F)cc3)nc2C)c1. The number of hydrogen-bond acceptors (Lipinski definition) is 6. The van der Waals surface area contributed by atoms with Crippen LogP contribution in [0.5, 0.6) is 5.75 Å². The maximum Gasteiger partial charge on any atom is 0.351 e. The molecule has 3 rings (SSSR count). The zero-order chi connectivity index (χ0) is 21.0. The van der Waals surface area contributed by atoms with E-state index in [1.165, 1.54) is 26.2 Å². The van der Waals surface area contributed by atoms with Gasteiger partial charge in [0.1, 0.15) is 21.5 Å². The summed E-state index contributed by atoms with van der Waals surface area (Å²) in [5.74, 6) is -0.854. The number of hydrogen-bond donors (Lipinski definition) is 1. The molecule has 0 saturated carbocycles. The van der Waals surface area contributed by atoms with Crippen molar-refractivity contribution in [2.75, 3.05) is 12.4 Å². The number of ether oxygens (including phenoxy) is 2. The normalized spacial score (nSPS) is 11.6. The number of nitrogens with zero attached hydrogens (tertiary/aromatic N) is 1. The molecule has 0 aliphatic rings. The van der Waals surface area contributed by atoms with Gasteiger partial charge in [-0.25, -0.2) is 14.2 Å². The van der Waals surface area contributed by atoms with Gasteiger partial charge in [-0.1, -0.05) is 6.07 Å². The minimum Gasteiger partial charge on any atom is -0.497 e. The molecule has 0 fully saturated rings. The van der Waals surface area contributed by atoms with Crippen LogP contribution in [-0.2, 0) is 9.53 Å². The molecule has 1 N–H and O–H groups in total. The molecule has 0 bridgehead atoms. The van der Waals surface area contributed by atoms with Gasteiger partial charge in [0, 0.05) is 17.3 Å². The molecule has 0 saturated heterocycles. The van der Waals surface area contributed by atoms with E-state index in [0.717, 1.165) is 11.3 Å². The Bertz CT molecular complexity index is 1030. The number of aromatic nitrogens is 1. The van der Waals surface area contributed by atoms with E-state index in [-0.39, 0.29) is 5.82 Å². The van der Waals surface area contributed by atoms with Crippen LogP contribution in [-0.4, -0.2) is 30.1 Å². The Morgan fingerprint density at radius 2 is 1.90 bits per heavy atom. The number of thiazole rings is 1. The van der Waals surface area contributed by atoms with Gasteiger partial charge < -0.3 is 14.8 Å². The van der Waals surface area contributed by atoms with Crippen LogP contribution in [0.2, 0.25) is 0 Å². The van der Waals surface area contributed by atoms with Gasteiger partial charge in [0.2, 0.25) is 0 Å². The maximum absolute atomic E-state index is 13.1. The van der Waals surface area contributed by atoms with Crippen molar-refractivity contribution >= 4 is 28.9 Å². The Morgan fingerprint density at radius 3 is 2.59 bits per heavy atom. The van der Waals surface area contributed by atoms with Gasteiger partial charge in [-0.2, -0.15) is 0 Å². The number of benzene rings is 2. The van der Waals surface area contributed by atoms with Crippen molar-refractivity contribution < 1.29 is 23.5 Å². The number of aryl methyl sites for hydroxylation is 1. The monoisotopic (exact) mass is 414 g/mol. The average Bonchev–Trinajstić information content (AvgIpc) is 3.10. The van der Waals surface area contributed by atoms with E-state index >= 15 is 0 Å². The van der Waals surface area contributed by atoms with Gasteiger partial charge in [-0.05, 0) is 50.2 Å². The summed E-state index contributed by atoms with van der Waals surface area (Å²) in [6.45, 7) is 3.17. The van der Waals surface area contributed by atoms with Crippen molar-refractivity contribution in [2.24, 2.45) is 0 Å².